The van der Waals surface area contributed by atoms with Gasteiger partial charge in [0.15, 0.2) is 0 Å². The van der Waals surface area contributed by atoms with Gasteiger partial charge < -0.3 is 5.32 Å². The van der Waals surface area contributed by atoms with Gasteiger partial charge in [-0.05, 0) is 18.2 Å². The third-order valence-corrected chi connectivity index (χ3v) is 3.25. The monoisotopic (exact) mass is 258 g/mol. The molecule has 1 heterocycles. The van der Waals surface area contributed by atoms with E-state index < -0.39 is 0 Å². The molecule has 1 N–H and O–H groups in total. The Morgan fingerprint density at radius 1 is 1.27 bits per heavy atom. The molecule has 78 valence electrons. The summed E-state index contributed by atoms with van der Waals surface area (Å²) in [5, 5.41) is 6.34. The van der Waals surface area contributed by atoms with Crippen LogP contribution >= 0.6 is 34.5 Å². The van der Waals surface area contributed by atoms with E-state index in [2.05, 4.69) is 10.3 Å². The topological polar surface area (TPSA) is 24.9 Å². The van der Waals surface area contributed by atoms with Crippen molar-refractivity contribution in [1.82, 2.24) is 4.98 Å². The Morgan fingerprint density at radius 3 is 2.80 bits per heavy atom. The van der Waals surface area contributed by atoms with E-state index in [-0.39, 0.29) is 0 Å². The van der Waals surface area contributed by atoms with Gasteiger partial charge in [-0.25, -0.2) is 4.98 Å². The fraction of sp³-hybridized carbons (Fsp3) is 0.100. The first-order valence-electron chi connectivity index (χ1n) is 4.31. The Labute approximate surface area is 102 Å². The molecule has 0 atom stereocenters. The second-order valence-corrected chi connectivity index (χ2v) is 4.50. The van der Waals surface area contributed by atoms with Crippen molar-refractivity contribution < 1.29 is 0 Å². The van der Waals surface area contributed by atoms with Crippen molar-refractivity contribution in [3.8, 4) is 0 Å². The highest BCUT2D eigenvalue weighted by molar-refractivity contribution is 7.07. The summed E-state index contributed by atoms with van der Waals surface area (Å²) in [6, 6.07) is 5.46. The molecule has 1 aromatic heterocycles. The van der Waals surface area contributed by atoms with E-state index in [1.807, 2.05) is 17.0 Å². The Balaban J connectivity index is 2.02. The highest BCUT2D eigenvalue weighted by atomic mass is 35.5. The smallest absolute Gasteiger partial charge is 0.0795 e. The molecule has 0 unspecified atom stereocenters. The standard InChI is InChI=1S/C10H8Cl2N2S/c11-9-2-1-7(3-10(9)12)13-4-8-5-15-6-14-8/h1-3,5-6,13H,4H2. The Bertz CT molecular complexity index is 443. The molecule has 0 saturated carbocycles. The third kappa shape index (κ3) is 2.84. The summed E-state index contributed by atoms with van der Waals surface area (Å²) in [5.41, 5.74) is 3.77. The first-order valence-corrected chi connectivity index (χ1v) is 6.01. The summed E-state index contributed by atoms with van der Waals surface area (Å²) in [5.74, 6) is 0. The second kappa shape index (κ2) is 4.84. The molecule has 1 aromatic carbocycles. The van der Waals surface area contributed by atoms with Gasteiger partial charge in [0.05, 0.1) is 27.8 Å². The molecule has 2 rings (SSSR count). The van der Waals surface area contributed by atoms with E-state index in [0.29, 0.717) is 16.6 Å². The molecule has 2 aromatic rings. The SMILES string of the molecule is Clc1ccc(NCc2cscn2)cc1Cl. The lowest BCUT2D eigenvalue weighted by atomic mass is 10.3. The summed E-state index contributed by atoms with van der Waals surface area (Å²) >= 11 is 13.3. The molecule has 0 spiro atoms. The average Bonchev–Trinajstić information content (AvgIpc) is 2.73. The van der Waals surface area contributed by atoms with E-state index in [1.54, 1.807) is 23.5 Å². The molecule has 15 heavy (non-hydrogen) atoms. The third-order valence-electron chi connectivity index (χ3n) is 1.88. The van der Waals surface area contributed by atoms with Crippen molar-refractivity contribution in [2.24, 2.45) is 0 Å². The van der Waals surface area contributed by atoms with Gasteiger partial charge in [-0.2, -0.15) is 0 Å². The van der Waals surface area contributed by atoms with Gasteiger partial charge in [0.2, 0.25) is 0 Å². The Morgan fingerprint density at radius 2 is 2.13 bits per heavy atom. The van der Waals surface area contributed by atoms with Gasteiger partial charge in [-0.1, -0.05) is 23.2 Å². The van der Waals surface area contributed by atoms with Crippen LogP contribution < -0.4 is 5.32 Å². The Hall–Kier alpha value is -0.770. The van der Waals surface area contributed by atoms with Crippen molar-refractivity contribution in [1.29, 1.82) is 0 Å². The summed E-state index contributed by atoms with van der Waals surface area (Å²) in [4.78, 5) is 4.17. The van der Waals surface area contributed by atoms with Gasteiger partial charge in [0.25, 0.3) is 0 Å². The maximum Gasteiger partial charge on any atom is 0.0795 e. The molecular weight excluding hydrogens is 251 g/mol. The maximum atomic E-state index is 5.89. The van der Waals surface area contributed by atoms with E-state index in [4.69, 9.17) is 23.2 Å². The van der Waals surface area contributed by atoms with Gasteiger partial charge in [0, 0.05) is 11.1 Å². The lowest BCUT2D eigenvalue weighted by molar-refractivity contribution is 1.07. The number of rotatable bonds is 3. The van der Waals surface area contributed by atoms with Crippen LogP contribution in [0.2, 0.25) is 10.0 Å². The molecule has 0 saturated heterocycles. The number of benzene rings is 1. The number of aromatic nitrogens is 1. The zero-order valence-electron chi connectivity index (χ0n) is 7.71. The molecular formula is C10H8Cl2N2S. The van der Waals surface area contributed by atoms with Crippen LogP contribution in [-0.2, 0) is 6.54 Å². The number of thiazole rings is 1. The van der Waals surface area contributed by atoms with Gasteiger partial charge in [0.1, 0.15) is 0 Å². The Kier molecular flexibility index (Phi) is 3.46. The van der Waals surface area contributed by atoms with Crippen LogP contribution in [0.25, 0.3) is 0 Å². The molecule has 0 bridgehead atoms. The molecule has 5 heteroatoms. The minimum Gasteiger partial charge on any atom is -0.379 e. The van der Waals surface area contributed by atoms with E-state index >= 15 is 0 Å². The summed E-state index contributed by atoms with van der Waals surface area (Å²) in [6.07, 6.45) is 0. The molecule has 2 nitrogen and oxygen atoms in total. The number of hydrogen-bond acceptors (Lipinski definition) is 3. The quantitative estimate of drug-likeness (QED) is 0.898. The van der Waals surface area contributed by atoms with Crippen LogP contribution in [0.3, 0.4) is 0 Å². The largest absolute Gasteiger partial charge is 0.379 e. The molecule has 0 aliphatic rings. The maximum absolute atomic E-state index is 5.89. The van der Waals surface area contributed by atoms with Gasteiger partial charge in [-0.3, -0.25) is 0 Å². The predicted octanol–water partition coefficient (Wildman–Crippen LogP) is 4.06. The normalized spacial score (nSPS) is 10.3. The summed E-state index contributed by atoms with van der Waals surface area (Å²) < 4.78 is 0. The van der Waals surface area contributed by atoms with Crippen molar-refractivity contribution >= 4 is 40.2 Å². The highest BCUT2D eigenvalue weighted by Crippen LogP contribution is 2.25. The summed E-state index contributed by atoms with van der Waals surface area (Å²) in [6.45, 7) is 0.696. The van der Waals surface area contributed by atoms with Crippen molar-refractivity contribution in [2.75, 3.05) is 5.32 Å². The first kappa shape index (κ1) is 10.7. The van der Waals surface area contributed by atoms with Crippen LogP contribution in [0.5, 0.6) is 0 Å². The van der Waals surface area contributed by atoms with Crippen LogP contribution in [-0.4, -0.2) is 4.98 Å². The van der Waals surface area contributed by atoms with E-state index in [1.165, 1.54) is 0 Å². The molecule has 0 radical (unpaired) electrons. The van der Waals surface area contributed by atoms with Crippen molar-refractivity contribution in [2.45, 2.75) is 6.54 Å². The average molecular weight is 259 g/mol. The molecule has 0 aliphatic carbocycles. The second-order valence-electron chi connectivity index (χ2n) is 2.96. The van der Waals surface area contributed by atoms with Crippen LogP contribution in [0.15, 0.2) is 29.1 Å². The lowest BCUT2D eigenvalue weighted by Crippen LogP contribution is -1.99. The van der Waals surface area contributed by atoms with Gasteiger partial charge in [-0.15, -0.1) is 11.3 Å². The zero-order chi connectivity index (χ0) is 10.7. The molecule has 0 aliphatic heterocycles. The minimum absolute atomic E-state index is 0.556. The first-order chi connectivity index (χ1) is 7.25. The lowest BCUT2D eigenvalue weighted by Gasteiger charge is -2.05. The van der Waals surface area contributed by atoms with Gasteiger partial charge >= 0.3 is 0 Å². The number of anilines is 1. The number of halogens is 2. The number of hydrogen-bond donors (Lipinski definition) is 1. The predicted molar refractivity (Wildman–Crippen MR) is 65.9 cm³/mol. The molecule has 0 fully saturated rings. The van der Waals surface area contributed by atoms with E-state index in [0.717, 1.165) is 11.4 Å². The van der Waals surface area contributed by atoms with Crippen LogP contribution in [0.1, 0.15) is 5.69 Å². The number of nitrogens with one attached hydrogen (secondary N) is 1. The van der Waals surface area contributed by atoms with Crippen molar-refractivity contribution in [3.63, 3.8) is 0 Å². The highest BCUT2D eigenvalue weighted by Gasteiger charge is 1.99. The number of nitrogens with zero attached hydrogens (tertiary/aromatic N) is 1. The fourth-order valence-corrected chi connectivity index (χ4v) is 1.98. The van der Waals surface area contributed by atoms with Crippen molar-refractivity contribution in [3.05, 3.63) is 44.8 Å². The summed E-state index contributed by atoms with van der Waals surface area (Å²) in [7, 11) is 0. The van der Waals surface area contributed by atoms with Crippen LogP contribution in [0.4, 0.5) is 5.69 Å². The molecule has 0 amide bonds. The van der Waals surface area contributed by atoms with Crippen LogP contribution in [0, 0.1) is 0 Å². The minimum atomic E-state index is 0.556. The van der Waals surface area contributed by atoms with E-state index in [9.17, 15) is 0 Å². The zero-order valence-corrected chi connectivity index (χ0v) is 10.0. The fourth-order valence-electron chi connectivity index (χ4n) is 1.12.